The SMILES string of the molecule is CCS(=O)CCNC(=O)c1ccncc1/C=C/C(=O)O. The first-order valence-electron chi connectivity index (χ1n) is 6.02. The van der Waals surface area contributed by atoms with E-state index < -0.39 is 16.8 Å². The van der Waals surface area contributed by atoms with E-state index in [4.69, 9.17) is 5.11 Å². The predicted molar refractivity (Wildman–Crippen MR) is 76.8 cm³/mol. The highest BCUT2D eigenvalue weighted by molar-refractivity contribution is 7.84. The maximum atomic E-state index is 12.0. The van der Waals surface area contributed by atoms with Crippen molar-refractivity contribution in [1.29, 1.82) is 0 Å². The minimum Gasteiger partial charge on any atom is -0.478 e. The molecule has 1 amide bonds. The number of carboxylic acids is 1. The molecule has 0 aromatic carbocycles. The molecule has 2 N–H and O–H groups in total. The van der Waals surface area contributed by atoms with Gasteiger partial charge < -0.3 is 10.4 Å². The third-order valence-corrected chi connectivity index (χ3v) is 3.74. The van der Waals surface area contributed by atoms with Gasteiger partial charge in [0.1, 0.15) is 0 Å². The van der Waals surface area contributed by atoms with E-state index in [-0.39, 0.29) is 5.91 Å². The Morgan fingerprint density at radius 3 is 2.90 bits per heavy atom. The molecule has 7 heteroatoms. The summed E-state index contributed by atoms with van der Waals surface area (Å²) in [4.78, 5) is 26.3. The second kappa shape index (κ2) is 8.21. The van der Waals surface area contributed by atoms with Crippen LogP contribution in [-0.2, 0) is 15.6 Å². The molecule has 1 heterocycles. The highest BCUT2D eigenvalue weighted by atomic mass is 32.2. The molecule has 0 fully saturated rings. The van der Waals surface area contributed by atoms with E-state index in [1.807, 2.05) is 6.92 Å². The van der Waals surface area contributed by atoms with Crippen molar-refractivity contribution in [2.24, 2.45) is 0 Å². The third kappa shape index (κ3) is 5.31. The van der Waals surface area contributed by atoms with Gasteiger partial charge in [-0.2, -0.15) is 0 Å². The molecule has 1 aromatic rings. The summed E-state index contributed by atoms with van der Waals surface area (Å²) >= 11 is 0. The fourth-order valence-corrected chi connectivity index (χ4v) is 2.04. The number of carboxylic acid groups (broad SMARTS) is 1. The van der Waals surface area contributed by atoms with Gasteiger partial charge >= 0.3 is 5.97 Å². The summed E-state index contributed by atoms with van der Waals surface area (Å²) in [6.45, 7) is 2.12. The zero-order valence-corrected chi connectivity index (χ0v) is 11.9. The number of nitrogens with one attached hydrogen (secondary N) is 1. The molecule has 1 aromatic heterocycles. The summed E-state index contributed by atoms with van der Waals surface area (Å²) in [7, 11) is -0.934. The van der Waals surface area contributed by atoms with Gasteiger partial charge in [-0.3, -0.25) is 14.0 Å². The van der Waals surface area contributed by atoms with E-state index in [1.54, 1.807) is 0 Å². The van der Waals surface area contributed by atoms with Crippen LogP contribution >= 0.6 is 0 Å². The van der Waals surface area contributed by atoms with Gasteiger partial charge in [0, 0.05) is 58.4 Å². The Morgan fingerprint density at radius 1 is 1.50 bits per heavy atom. The van der Waals surface area contributed by atoms with Crippen molar-refractivity contribution in [3.8, 4) is 0 Å². The smallest absolute Gasteiger partial charge is 0.328 e. The largest absolute Gasteiger partial charge is 0.478 e. The van der Waals surface area contributed by atoms with Gasteiger partial charge in [0.05, 0.1) is 0 Å². The van der Waals surface area contributed by atoms with Crippen molar-refractivity contribution in [3.05, 3.63) is 35.7 Å². The van der Waals surface area contributed by atoms with Crippen LogP contribution in [0, 0.1) is 0 Å². The predicted octanol–water partition coefficient (Wildman–Crippen LogP) is 0.678. The van der Waals surface area contributed by atoms with Gasteiger partial charge in [0.2, 0.25) is 0 Å². The number of amides is 1. The van der Waals surface area contributed by atoms with Crippen LogP contribution in [-0.4, -0.2) is 44.2 Å². The number of rotatable bonds is 7. The topological polar surface area (TPSA) is 96.4 Å². The maximum Gasteiger partial charge on any atom is 0.328 e. The third-order valence-electron chi connectivity index (χ3n) is 2.44. The molecule has 0 spiro atoms. The minimum atomic E-state index is -1.10. The molecular weight excluding hydrogens is 280 g/mol. The quantitative estimate of drug-likeness (QED) is 0.721. The van der Waals surface area contributed by atoms with Gasteiger partial charge in [-0.05, 0) is 12.1 Å². The van der Waals surface area contributed by atoms with Crippen LogP contribution in [0.15, 0.2) is 24.5 Å². The summed E-state index contributed by atoms with van der Waals surface area (Å²) in [5, 5.41) is 11.2. The highest BCUT2D eigenvalue weighted by Gasteiger charge is 2.09. The molecule has 1 rings (SSSR count). The Hall–Kier alpha value is -2.02. The van der Waals surface area contributed by atoms with E-state index in [2.05, 4.69) is 10.3 Å². The molecule has 0 aliphatic heterocycles. The van der Waals surface area contributed by atoms with E-state index in [0.29, 0.717) is 29.2 Å². The highest BCUT2D eigenvalue weighted by Crippen LogP contribution is 2.09. The number of aliphatic carboxylic acids is 1. The first kappa shape index (κ1) is 16.0. The zero-order valence-electron chi connectivity index (χ0n) is 11.0. The Balaban J connectivity index is 2.72. The zero-order chi connectivity index (χ0) is 15.0. The molecule has 0 radical (unpaired) electrons. The average Bonchev–Trinajstić information content (AvgIpc) is 2.45. The Bertz CT molecular complexity index is 543. The van der Waals surface area contributed by atoms with Gasteiger partial charge in [-0.1, -0.05) is 6.92 Å². The second-order valence-electron chi connectivity index (χ2n) is 3.82. The summed E-state index contributed by atoms with van der Waals surface area (Å²) in [5.41, 5.74) is 0.754. The van der Waals surface area contributed by atoms with E-state index >= 15 is 0 Å². The number of carbonyl (C=O) groups excluding carboxylic acids is 1. The second-order valence-corrected chi connectivity index (χ2v) is 5.69. The molecule has 1 unspecified atom stereocenters. The minimum absolute atomic E-state index is 0.309. The van der Waals surface area contributed by atoms with Crippen LogP contribution < -0.4 is 5.32 Å². The fourth-order valence-electron chi connectivity index (χ4n) is 1.43. The first-order valence-corrected chi connectivity index (χ1v) is 7.51. The lowest BCUT2D eigenvalue weighted by atomic mass is 10.1. The van der Waals surface area contributed by atoms with Gasteiger partial charge in [0.15, 0.2) is 0 Å². The van der Waals surface area contributed by atoms with Gasteiger partial charge in [-0.15, -0.1) is 0 Å². The van der Waals surface area contributed by atoms with Crippen molar-refractivity contribution in [3.63, 3.8) is 0 Å². The van der Waals surface area contributed by atoms with Crippen LogP contribution in [0.25, 0.3) is 6.08 Å². The van der Waals surface area contributed by atoms with Crippen LogP contribution in [0.4, 0.5) is 0 Å². The van der Waals surface area contributed by atoms with Crippen LogP contribution in [0.1, 0.15) is 22.8 Å². The number of pyridine rings is 1. The number of nitrogens with zero attached hydrogens (tertiary/aromatic N) is 1. The van der Waals surface area contributed by atoms with Gasteiger partial charge in [0.25, 0.3) is 5.91 Å². The lowest BCUT2D eigenvalue weighted by Gasteiger charge is -2.07. The first-order chi connectivity index (χ1) is 9.54. The molecular formula is C13H16N2O4S. The Morgan fingerprint density at radius 2 is 2.25 bits per heavy atom. The molecule has 0 saturated carbocycles. The van der Waals surface area contributed by atoms with Crippen molar-refractivity contribution in [1.82, 2.24) is 10.3 Å². The van der Waals surface area contributed by atoms with E-state index in [9.17, 15) is 13.8 Å². The van der Waals surface area contributed by atoms with Crippen molar-refractivity contribution >= 4 is 28.8 Å². The van der Waals surface area contributed by atoms with Crippen molar-refractivity contribution in [2.75, 3.05) is 18.1 Å². The van der Waals surface area contributed by atoms with E-state index in [0.717, 1.165) is 6.08 Å². The van der Waals surface area contributed by atoms with Gasteiger partial charge in [-0.25, -0.2) is 4.79 Å². The standard InChI is InChI=1S/C13H16N2O4S/c1-2-20(19)8-7-15-13(18)11-5-6-14-9-10(11)3-4-12(16)17/h3-6,9H,2,7-8H2,1H3,(H,15,18)(H,16,17)/b4-3+. The fraction of sp³-hybridized carbons (Fsp3) is 0.308. The van der Waals surface area contributed by atoms with E-state index in [1.165, 1.54) is 24.5 Å². The normalized spacial score (nSPS) is 12.2. The number of carbonyl (C=O) groups is 2. The monoisotopic (exact) mass is 296 g/mol. The average molecular weight is 296 g/mol. The Kier molecular flexibility index (Phi) is 6.58. The lowest BCUT2D eigenvalue weighted by Crippen LogP contribution is -2.28. The molecule has 0 saturated heterocycles. The summed E-state index contributed by atoms with van der Waals surface area (Å²) in [6, 6.07) is 1.51. The van der Waals surface area contributed by atoms with Crippen LogP contribution in [0.5, 0.6) is 0 Å². The molecule has 0 bridgehead atoms. The molecule has 6 nitrogen and oxygen atoms in total. The Labute approximate surface area is 119 Å². The summed E-state index contributed by atoms with van der Waals surface area (Å²) in [6.07, 6.45) is 5.13. The van der Waals surface area contributed by atoms with Crippen molar-refractivity contribution in [2.45, 2.75) is 6.92 Å². The van der Waals surface area contributed by atoms with Crippen LogP contribution in [0.3, 0.4) is 0 Å². The molecule has 108 valence electrons. The lowest BCUT2D eigenvalue weighted by molar-refractivity contribution is -0.131. The number of aromatic nitrogens is 1. The molecule has 0 aliphatic rings. The number of hydrogen-bond donors (Lipinski definition) is 2. The number of hydrogen-bond acceptors (Lipinski definition) is 4. The molecule has 1 atom stereocenters. The maximum absolute atomic E-state index is 12.0. The summed E-state index contributed by atoms with van der Waals surface area (Å²) < 4.78 is 11.2. The summed E-state index contributed by atoms with van der Waals surface area (Å²) in [5.74, 6) is -0.491. The molecule has 20 heavy (non-hydrogen) atoms. The van der Waals surface area contributed by atoms with Crippen molar-refractivity contribution < 1.29 is 18.9 Å². The molecule has 0 aliphatic carbocycles. The van der Waals surface area contributed by atoms with Crippen LogP contribution in [0.2, 0.25) is 0 Å².